The molecule has 106 valence electrons. The molecule has 1 aromatic rings. The lowest BCUT2D eigenvalue weighted by Gasteiger charge is -2.31. The summed E-state index contributed by atoms with van der Waals surface area (Å²) in [6.45, 7) is 4.71. The molecule has 0 atom stereocenters. The van der Waals surface area contributed by atoms with E-state index in [0.29, 0.717) is 19.5 Å². The minimum Gasteiger partial charge on any atom is -0.268 e. The summed E-state index contributed by atoms with van der Waals surface area (Å²) in [6.07, 6.45) is 7.46. The molecule has 0 N–H and O–H groups in total. The maximum atomic E-state index is 12.0. The molecular weight excluding hydrogens is 330 g/mol. The fourth-order valence-corrected chi connectivity index (χ4v) is 4.05. The van der Waals surface area contributed by atoms with Gasteiger partial charge in [-0.25, -0.2) is 12.7 Å². The van der Waals surface area contributed by atoms with Crippen molar-refractivity contribution in [2.24, 2.45) is 0 Å². The molecule has 7 heteroatoms. The van der Waals surface area contributed by atoms with Crippen LogP contribution in [0.3, 0.4) is 0 Å². The summed E-state index contributed by atoms with van der Waals surface area (Å²) >= 11 is 3.37. The summed E-state index contributed by atoms with van der Waals surface area (Å²) < 4.78 is 28.5. The molecule has 1 aromatic heterocycles. The lowest BCUT2D eigenvalue weighted by Crippen LogP contribution is -2.40. The highest BCUT2D eigenvalue weighted by Crippen LogP contribution is 2.25. The second kappa shape index (κ2) is 6.19. The molecule has 0 spiro atoms. The standard InChI is InChI=1S/C12H18BrN3O2S/c1-2-3-8-19(17,18)15-6-4-12(5-7-15)16-10-11(13)9-14-16/h2,9-10,12H,1,3-8H2. The van der Waals surface area contributed by atoms with Gasteiger partial charge in [0, 0.05) is 19.3 Å². The van der Waals surface area contributed by atoms with Gasteiger partial charge in [0.15, 0.2) is 0 Å². The van der Waals surface area contributed by atoms with Crippen molar-refractivity contribution in [1.29, 1.82) is 0 Å². The molecule has 5 nitrogen and oxygen atoms in total. The van der Waals surface area contributed by atoms with Gasteiger partial charge in [0.05, 0.1) is 22.5 Å². The fourth-order valence-electron chi connectivity index (χ4n) is 2.26. The zero-order valence-corrected chi connectivity index (χ0v) is 13.1. The molecule has 19 heavy (non-hydrogen) atoms. The quantitative estimate of drug-likeness (QED) is 0.767. The van der Waals surface area contributed by atoms with E-state index in [9.17, 15) is 8.42 Å². The zero-order valence-electron chi connectivity index (χ0n) is 10.7. The van der Waals surface area contributed by atoms with Gasteiger partial charge in [-0.05, 0) is 35.2 Å². The van der Waals surface area contributed by atoms with Crippen LogP contribution in [0.5, 0.6) is 0 Å². The Bertz CT molecular complexity index is 533. The van der Waals surface area contributed by atoms with Gasteiger partial charge in [-0.15, -0.1) is 6.58 Å². The Morgan fingerprint density at radius 2 is 2.16 bits per heavy atom. The lowest BCUT2D eigenvalue weighted by molar-refractivity contribution is 0.261. The zero-order chi connectivity index (χ0) is 13.9. The number of hydrogen-bond donors (Lipinski definition) is 0. The van der Waals surface area contributed by atoms with Crippen LogP contribution in [0.1, 0.15) is 25.3 Å². The third-order valence-corrected chi connectivity index (χ3v) is 5.65. The molecule has 2 rings (SSSR count). The van der Waals surface area contributed by atoms with Crippen LogP contribution in [-0.4, -0.2) is 41.3 Å². The van der Waals surface area contributed by atoms with Crippen molar-refractivity contribution in [2.45, 2.75) is 25.3 Å². The molecule has 0 bridgehead atoms. The predicted molar refractivity (Wildman–Crippen MR) is 78.4 cm³/mol. The van der Waals surface area contributed by atoms with Crippen LogP contribution in [0.4, 0.5) is 0 Å². The van der Waals surface area contributed by atoms with Crippen molar-refractivity contribution in [3.8, 4) is 0 Å². The number of hydrogen-bond acceptors (Lipinski definition) is 3. The number of sulfonamides is 1. The summed E-state index contributed by atoms with van der Waals surface area (Å²) in [5, 5.41) is 4.26. The summed E-state index contributed by atoms with van der Waals surface area (Å²) in [4.78, 5) is 0. The molecule has 1 aliphatic rings. The van der Waals surface area contributed by atoms with Gasteiger partial charge in [0.1, 0.15) is 0 Å². The SMILES string of the molecule is C=CCCS(=O)(=O)N1CCC(n2cc(Br)cn2)CC1. The number of aromatic nitrogens is 2. The maximum absolute atomic E-state index is 12.0. The molecule has 2 heterocycles. The first-order chi connectivity index (χ1) is 9.03. The van der Waals surface area contributed by atoms with Gasteiger partial charge in [0.2, 0.25) is 10.0 Å². The predicted octanol–water partition coefficient (Wildman–Crippen LogP) is 2.19. The Labute approximate surface area is 122 Å². The third-order valence-electron chi connectivity index (χ3n) is 3.34. The first-order valence-corrected chi connectivity index (χ1v) is 8.71. The largest absolute Gasteiger partial charge is 0.268 e. The van der Waals surface area contributed by atoms with Crippen LogP contribution in [-0.2, 0) is 10.0 Å². The van der Waals surface area contributed by atoms with Crippen molar-refractivity contribution < 1.29 is 8.42 Å². The number of piperidine rings is 1. The van der Waals surface area contributed by atoms with Gasteiger partial charge < -0.3 is 0 Å². The second-order valence-corrected chi connectivity index (χ2v) is 7.67. The molecule has 0 aromatic carbocycles. The van der Waals surface area contributed by atoms with E-state index in [2.05, 4.69) is 27.6 Å². The van der Waals surface area contributed by atoms with Crippen molar-refractivity contribution in [2.75, 3.05) is 18.8 Å². The van der Waals surface area contributed by atoms with Gasteiger partial charge >= 0.3 is 0 Å². The van der Waals surface area contributed by atoms with Crippen molar-refractivity contribution in [3.63, 3.8) is 0 Å². The summed E-state index contributed by atoms with van der Waals surface area (Å²) in [6, 6.07) is 0.289. The Balaban J connectivity index is 1.93. The normalized spacial score (nSPS) is 18.6. The van der Waals surface area contributed by atoms with E-state index >= 15 is 0 Å². The molecule has 1 saturated heterocycles. The molecular formula is C12H18BrN3O2S. The monoisotopic (exact) mass is 347 g/mol. The number of rotatable bonds is 5. The van der Waals surface area contributed by atoms with E-state index in [0.717, 1.165) is 17.3 Å². The van der Waals surface area contributed by atoms with Crippen LogP contribution in [0.15, 0.2) is 29.5 Å². The Hall–Kier alpha value is -0.660. The van der Waals surface area contributed by atoms with Crippen LogP contribution >= 0.6 is 15.9 Å². The number of halogens is 1. The minimum atomic E-state index is -3.12. The molecule has 0 unspecified atom stereocenters. The van der Waals surface area contributed by atoms with Crippen molar-refractivity contribution in [3.05, 3.63) is 29.5 Å². The van der Waals surface area contributed by atoms with E-state index in [1.54, 1.807) is 16.6 Å². The smallest absolute Gasteiger partial charge is 0.214 e. The molecule has 0 saturated carbocycles. The Morgan fingerprint density at radius 3 is 2.68 bits per heavy atom. The number of allylic oxidation sites excluding steroid dienone is 1. The lowest BCUT2D eigenvalue weighted by atomic mass is 10.1. The van der Waals surface area contributed by atoms with E-state index < -0.39 is 10.0 Å². The van der Waals surface area contributed by atoms with Gasteiger partial charge in [-0.3, -0.25) is 4.68 Å². The van der Waals surface area contributed by atoms with Crippen molar-refractivity contribution >= 4 is 26.0 Å². The molecule has 1 aliphatic heterocycles. The summed E-state index contributed by atoms with van der Waals surface area (Å²) in [5.74, 6) is 0.161. The van der Waals surface area contributed by atoms with Crippen LogP contribution in [0.2, 0.25) is 0 Å². The molecule has 0 aliphatic carbocycles. The topological polar surface area (TPSA) is 55.2 Å². The average Bonchev–Trinajstić information content (AvgIpc) is 2.83. The fraction of sp³-hybridized carbons (Fsp3) is 0.583. The number of nitrogens with zero attached hydrogens (tertiary/aromatic N) is 3. The highest BCUT2D eigenvalue weighted by molar-refractivity contribution is 9.10. The van der Waals surface area contributed by atoms with Crippen molar-refractivity contribution in [1.82, 2.24) is 14.1 Å². The van der Waals surface area contributed by atoms with Crippen LogP contribution in [0, 0.1) is 0 Å². The highest BCUT2D eigenvalue weighted by atomic mass is 79.9. The van der Waals surface area contributed by atoms with E-state index in [1.807, 2.05) is 10.9 Å². The van der Waals surface area contributed by atoms with Gasteiger partial charge in [-0.2, -0.15) is 5.10 Å². The Morgan fingerprint density at radius 1 is 1.47 bits per heavy atom. The van der Waals surface area contributed by atoms with E-state index in [-0.39, 0.29) is 11.8 Å². The summed E-state index contributed by atoms with van der Waals surface area (Å²) in [5.41, 5.74) is 0. The maximum Gasteiger partial charge on any atom is 0.214 e. The first kappa shape index (κ1) is 14.7. The van der Waals surface area contributed by atoms with Gasteiger partial charge in [0.25, 0.3) is 0 Å². The highest BCUT2D eigenvalue weighted by Gasteiger charge is 2.28. The molecule has 0 radical (unpaired) electrons. The average molecular weight is 348 g/mol. The Kier molecular flexibility index (Phi) is 4.81. The minimum absolute atomic E-state index is 0.161. The summed E-state index contributed by atoms with van der Waals surface area (Å²) in [7, 11) is -3.12. The van der Waals surface area contributed by atoms with Gasteiger partial charge in [-0.1, -0.05) is 6.08 Å². The molecule has 0 amide bonds. The first-order valence-electron chi connectivity index (χ1n) is 6.31. The third kappa shape index (κ3) is 3.67. The molecule has 1 fully saturated rings. The van der Waals surface area contributed by atoms with Crippen LogP contribution in [0.25, 0.3) is 0 Å². The van der Waals surface area contributed by atoms with Crippen LogP contribution < -0.4 is 0 Å². The van der Waals surface area contributed by atoms with E-state index in [1.165, 1.54) is 0 Å². The van der Waals surface area contributed by atoms with E-state index in [4.69, 9.17) is 0 Å². The second-order valence-electron chi connectivity index (χ2n) is 4.66.